The number of ether oxygens (including phenoxy) is 1. The van der Waals surface area contributed by atoms with Gasteiger partial charge in [0.1, 0.15) is 5.75 Å². The van der Waals surface area contributed by atoms with E-state index in [0.717, 1.165) is 5.56 Å². The second-order valence-corrected chi connectivity index (χ2v) is 12.1. The van der Waals surface area contributed by atoms with Crippen molar-refractivity contribution in [1.29, 1.82) is 5.26 Å². The molecule has 1 rings (SSSR count). The number of hydrogen-bond donors (Lipinski definition) is 0. The van der Waals surface area contributed by atoms with E-state index in [1.165, 1.54) is 0 Å². The Hall–Kier alpha value is -0.403. The zero-order chi connectivity index (χ0) is 11.5. The van der Waals surface area contributed by atoms with Crippen molar-refractivity contribution in [2.24, 2.45) is 0 Å². The molecule has 80 valence electrons. The molecule has 0 radical (unpaired) electrons. The van der Waals surface area contributed by atoms with Crippen LogP contribution in [0.5, 0.6) is 5.75 Å². The van der Waals surface area contributed by atoms with E-state index in [4.69, 9.17) is 38.5 Å². The second kappa shape index (κ2) is 5.09. The lowest BCUT2D eigenvalue weighted by Crippen LogP contribution is -2.20. The van der Waals surface area contributed by atoms with Gasteiger partial charge in [0.05, 0.1) is 0 Å². The first-order valence-corrected chi connectivity index (χ1v) is 9.29. The van der Waals surface area contributed by atoms with Crippen LogP contribution in [0, 0.1) is 11.5 Å². The van der Waals surface area contributed by atoms with Gasteiger partial charge in [-0.25, -0.2) is 0 Å². The SMILES string of the molecule is CC(c1ccc(OC#N)cc1)[Si](Cl)(Cl)Cl. The Bertz CT molecular complexity index is 368. The average Bonchev–Trinajstić information content (AvgIpc) is 2.17. The van der Waals surface area contributed by atoms with Crippen LogP contribution in [0.4, 0.5) is 0 Å². The molecule has 0 saturated carbocycles. The molecule has 15 heavy (non-hydrogen) atoms. The molecule has 2 nitrogen and oxygen atoms in total. The second-order valence-electron chi connectivity index (χ2n) is 3.03. The molecule has 0 aliphatic heterocycles. The maximum Gasteiger partial charge on any atom is 0.348 e. The van der Waals surface area contributed by atoms with Gasteiger partial charge in [0, 0.05) is 5.54 Å². The summed E-state index contributed by atoms with van der Waals surface area (Å²) in [6, 6.07) is 4.23. The third-order valence-corrected chi connectivity index (χ3v) is 6.30. The topological polar surface area (TPSA) is 33.0 Å². The van der Waals surface area contributed by atoms with Crippen LogP contribution >= 0.6 is 33.2 Å². The van der Waals surface area contributed by atoms with Gasteiger partial charge in [-0.15, -0.1) is 38.5 Å². The van der Waals surface area contributed by atoms with E-state index in [1.807, 2.05) is 6.92 Å². The molecule has 1 aromatic carbocycles. The van der Waals surface area contributed by atoms with Crippen LogP contribution in [0.1, 0.15) is 18.0 Å². The molecule has 6 heteroatoms. The molecule has 0 N–H and O–H groups in total. The van der Waals surface area contributed by atoms with Crippen molar-refractivity contribution in [1.82, 2.24) is 0 Å². The minimum absolute atomic E-state index is 0.0846. The highest BCUT2D eigenvalue weighted by Gasteiger charge is 2.34. The summed E-state index contributed by atoms with van der Waals surface area (Å²) >= 11 is 17.7. The first kappa shape index (κ1) is 12.7. The number of benzene rings is 1. The van der Waals surface area contributed by atoms with E-state index >= 15 is 0 Å². The van der Waals surface area contributed by atoms with Crippen molar-refractivity contribution in [2.45, 2.75) is 12.5 Å². The third-order valence-electron chi connectivity index (χ3n) is 2.03. The molecule has 0 aliphatic carbocycles. The molecule has 1 aromatic rings. The Balaban J connectivity index is 2.85. The lowest BCUT2D eigenvalue weighted by molar-refractivity contribution is 0.507. The normalized spacial score (nSPS) is 13.0. The minimum atomic E-state index is -2.73. The van der Waals surface area contributed by atoms with Crippen molar-refractivity contribution in [3.8, 4) is 12.0 Å². The van der Waals surface area contributed by atoms with Gasteiger partial charge in [0.2, 0.25) is 0 Å². The van der Waals surface area contributed by atoms with Crippen LogP contribution < -0.4 is 4.74 Å². The summed E-state index contributed by atoms with van der Waals surface area (Å²) in [6.07, 6.45) is 1.59. The van der Waals surface area contributed by atoms with Crippen LogP contribution in [0.2, 0.25) is 0 Å². The van der Waals surface area contributed by atoms with Gasteiger partial charge in [-0.3, -0.25) is 0 Å². The molecule has 1 unspecified atom stereocenters. The van der Waals surface area contributed by atoms with Gasteiger partial charge < -0.3 is 4.74 Å². The fourth-order valence-electron chi connectivity index (χ4n) is 1.07. The van der Waals surface area contributed by atoms with Crippen LogP contribution in [-0.2, 0) is 0 Å². The average molecular weight is 281 g/mol. The Morgan fingerprint density at radius 2 is 1.80 bits per heavy atom. The summed E-state index contributed by atoms with van der Waals surface area (Å²) in [5.41, 5.74) is 0.852. The van der Waals surface area contributed by atoms with E-state index in [2.05, 4.69) is 4.74 Å². The number of rotatable bonds is 3. The van der Waals surface area contributed by atoms with E-state index in [1.54, 1.807) is 30.5 Å². The summed E-state index contributed by atoms with van der Waals surface area (Å²) in [6.45, 7) is 1.87. The van der Waals surface area contributed by atoms with E-state index < -0.39 is 6.00 Å². The predicted octanol–water partition coefficient (Wildman–Crippen LogP) is 3.84. The zero-order valence-corrected chi connectivity index (χ0v) is 11.1. The summed E-state index contributed by atoms with van der Waals surface area (Å²) in [5, 5.41) is 8.30. The first-order chi connectivity index (χ1) is 6.95. The van der Waals surface area contributed by atoms with Crippen LogP contribution in [0.15, 0.2) is 24.3 Å². The van der Waals surface area contributed by atoms with Gasteiger partial charge in [-0.2, -0.15) is 0 Å². The smallest absolute Gasteiger partial charge is 0.348 e. The molecule has 0 spiro atoms. The van der Waals surface area contributed by atoms with Crippen molar-refractivity contribution >= 4 is 39.2 Å². The van der Waals surface area contributed by atoms with E-state index in [-0.39, 0.29) is 5.54 Å². The summed E-state index contributed by atoms with van der Waals surface area (Å²) in [5.74, 6) is 0.486. The highest BCUT2D eigenvalue weighted by molar-refractivity contribution is 7.65. The fraction of sp³-hybridized carbons (Fsp3) is 0.222. The fourth-order valence-corrected chi connectivity index (χ4v) is 2.77. The van der Waals surface area contributed by atoms with Gasteiger partial charge in [-0.05, 0) is 17.7 Å². The Morgan fingerprint density at radius 1 is 1.27 bits per heavy atom. The standard InChI is InChI=1S/C9H8Cl3NOSi/c1-7(15(10,11)12)8-2-4-9(5-3-8)14-6-13/h2-5,7H,1H3. The van der Waals surface area contributed by atoms with Crippen LogP contribution in [-0.4, -0.2) is 6.00 Å². The molecular weight excluding hydrogens is 273 g/mol. The van der Waals surface area contributed by atoms with Gasteiger partial charge in [0.15, 0.2) is 0 Å². The summed E-state index contributed by atoms with van der Waals surface area (Å²) < 4.78 is 4.64. The molecule has 0 saturated heterocycles. The summed E-state index contributed by atoms with van der Waals surface area (Å²) in [7, 11) is 0. The zero-order valence-electron chi connectivity index (χ0n) is 7.88. The van der Waals surface area contributed by atoms with Gasteiger partial charge >= 0.3 is 6.00 Å². The van der Waals surface area contributed by atoms with E-state index in [0.29, 0.717) is 5.75 Å². The van der Waals surface area contributed by atoms with Crippen molar-refractivity contribution in [3.63, 3.8) is 0 Å². The Kier molecular flexibility index (Phi) is 4.29. The molecule has 1 atom stereocenters. The van der Waals surface area contributed by atoms with Gasteiger partial charge in [-0.1, -0.05) is 19.1 Å². The summed E-state index contributed by atoms with van der Waals surface area (Å²) in [4.78, 5) is 0. The largest absolute Gasteiger partial charge is 0.388 e. The lowest BCUT2D eigenvalue weighted by Gasteiger charge is -2.17. The van der Waals surface area contributed by atoms with Crippen LogP contribution in [0.25, 0.3) is 0 Å². The Morgan fingerprint density at radius 3 is 2.20 bits per heavy atom. The highest BCUT2D eigenvalue weighted by atomic mass is 35.8. The Labute approximate surface area is 103 Å². The monoisotopic (exact) mass is 279 g/mol. The number of hydrogen-bond acceptors (Lipinski definition) is 2. The lowest BCUT2D eigenvalue weighted by atomic mass is 10.1. The number of nitriles is 1. The predicted molar refractivity (Wildman–Crippen MR) is 64.4 cm³/mol. The minimum Gasteiger partial charge on any atom is -0.388 e. The first-order valence-electron chi connectivity index (χ1n) is 4.17. The van der Waals surface area contributed by atoms with Crippen molar-refractivity contribution in [2.75, 3.05) is 0 Å². The number of nitrogens with zero attached hydrogens (tertiary/aromatic N) is 1. The van der Waals surface area contributed by atoms with Gasteiger partial charge in [0.25, 0.3) is 6.26 Å². The molecule has 0 bridgehead atoms. The third kappa shape index (κ3) is 3.58. The quantitative estimate of drug-likeness (QED) is 0.479. The molecule has 0 aromatic heterocycles. The van der Waals surface area contributed by atoms with Crippen molar-refractivity contribution in [3.05, 3.63) is 29.8 Å². The number of halogens is 3. The molecular formula is C9H8Cl3NOSi. The van der Waals surface area contributed by atoms with Crippen molar-refractivity contribution < 1.29 is 4.74 Å². The van der Waals surface area contributed by atoms with Crippen LogP contribution in [0.3, 0.4) is 0 Å². The molecule has 0 heterocycles. The molecule has 0 aliphatic rings. The highest BCUT2D eigenvalue weighted by Crippen LogP contribution is 2.36. The maximum atomic E-state index is 8.30. The maximum absolute atomic E-state index is 8.30. The van der Waals surface area contributed by atoms with E-state index in [9.17, 15) is 0 Å². The molecule has 0 fully saturated rings. The molecule has 0 amide bonds.